The summed E-state index contributed by atoms with van der Waals surface area (Å²) in [5.74, 6) is -0.281. The molecule has 2 nitrogen and oxygen atoms in total. The summed E-state index contributed by atoms with van der Waals surface area (Å²) in [6.07, 6.45) is 13.5. The Morgan fingerprint density at radius 3 is 1.66 bits per heavy atom. The average Bonchev–Trinajstić information content (AvgIpc) is 2.90. The van der Waals surface area contributed by atoms with Gasteiger partial charge in [0.25, 0.3) is 0 Å². The summed E-state index contributed by atoms with van der Waals surface area (Å²) in [6, 6.07) is 10.8. The predicted molar refractivity (Wildman–Crippen MR) is 131 cm³/mol. The molecule has 182 valence electrons. The maximum Gasteiger partial charge on any atom is 2.00 e. The first-order chi connectivity index (χ1) is 12.6. The quantitative estimate of drug-likeness (QED) is 0.412. The smallest absolute Gasteiger partial charge is 1.00 e. The molecule has 2 aromatic carbocycles. The summed E-state index contributed by atoms with van der Waals surface area (Å²) in [5, 5.41) is 2.76. The molecular formula is C26H41Cl2NOSiTi-4. The number of hydrogen-bond donors (Lipinski definition) is 0. The molecule has 0 aromatic heterocycles. The summed E-state index contributed by atoms with van der Waals surface area (Å²) in [4.78, 5) is 11.1. The molecule has 0 saturated heterocycles. The van der Waals surface area contributed by atoms with Crippen molar-refractivity contribution in [1.82, 2.24) is 0 Å². The molecular weight excluding hydrogens is 489 g/mol. The number of fused-ring (bicyclic) bond motifs is 1. The Morgan fingerprint density at radius 1 is 0.844 bits per heavy atom. The third-order valence-corrected chi connectivity index (χ3v) is 5.80. The summed E-state index contributed by atoms with van der Waals surface area (Å²) >= 11 is 0. The van der Waals surface area contributed by atoms with Crippen molar-refractivity contribution in [2.45, 2.75) is 84.5 Å². The number of carbonyl (C=O) groups is 1. The van der Waals surface area contributed by atoms with E-state index in [0.717, 1.165) is 25.7 Å². The van der Waals surface area contributed by atoms with Crippen molar-refractivity contribution >= 4 is 27.6 Å². The largest absolute Gasteiger partial charge is 2.00 e. The molecule has 6 heteroatoms. The SMILES string of the molecule is Cc1[cH-]c2ccccc2c1C.[CH3-].[CH3-].[Cl-].[Cl-].[NH-]C(=O)C1CCCCCCCCCCC1.[Si].[Ti+2]. The van der Waals surface area contributed by atoms with E-state index in [1.165, 1.54) is 66.8 Å². The van der Waals surface area contributed by atoms with Crippen LogP contribution in [0.4, 0.5) is 0 Å². The van der Waals surface area contributed by atoms with Crippen LogP contribution in [-0.4, -0.2) is 16.9 Å². The fourth-order valence-electron chi connectivity index (χ4n) is 3.94. The molecule has 0 spiro atoms. The Labute approximate surface area is 230 Å². The standard InChI is InChI=1S/C13H25NO.C11H11.2CH3.2ClH.Si.Ti/c14-13(15)12-10-8-6-4-2-1-3-5-7-9-11-12;1-8-7-10-5-3-4-6-11(10)9(8)2;;;;;;/h12H,1-11H2,(H2,14,15);3-7H,1-2H3;2*1H3;2*1H;;/q;3*-1;;;;+2/p-3. The van der Waals surface area contributed by atoms with Crippen LogP contribution in [0.1, 0.15) is 81.8 Å². The first kappa shape index (κ1) is 42.0. The molecule has 1 N–H and O–H groups in total. The molecule has 0 bridgehead atoms. The molecule has 1 aliphatic rings. The van der Waals surface area contributed by atoms with Gasteiger partial charge in [-0.1, -0.05) is 77.7 Å². The van der Waals surface area contributed by atoms with Gasteiger partial charge in [0, 0.05) is 16.9 Å². The molecule has 1 fully saturated rings. The van der Waals surface area contributed by atoms with Crippen molar-refractivity contribution in [2.75, 3.05) is 0 Å². The van der Waals surface area contributed by atoms with Crippen LogP contribution in [0.25, 0.3) is 16.5 Å². The van der Waals surface area contributed by atoms with Gasteiger partial charge in [0.15, 0.2) is 0 Å². The molecule has 0 aliphatic heterocycles. The number of hydrogen-bond acceptors (Lipinski definition) is 1. The topological polar surface area (TPSA) is 40.9 Å². The molecule has 1 aliphatic carbocycles. The summed E-state index contributed by atoms with van der Waals surface area (Å²) in [6.45, 7) is 4.34. The van der Waals surface area contributed by atoms with E-state index in [0.29, 0.717) is 0 Å². The van der Waals surface area contributed by atoms with Gasteiger partial charge in [0.2, 0.25) is 0 Å². The van der Waals surface area contributed by atoms with E-state index < -0.39 is 0 Å². The van der Waals surface area contributed by atoms with Gasteiger partial charge < -0.3 is 50.2 Å². The minimum absolute atomic E-state index is 0. The minimum atomic E-state index is -0.327. The minimum Gasteiger partial charge on any atom is -1.00 e. The predicted octanol–water partition coefficient (Wildman–Crippen LogP) is 2.19. The van der Waals surface area contributed by atoms with Crippen LogP contribution in [0.15, 0.2) is 30.3 Å². The van der Waals surface area contributed by atoms with Crippen LogP contribution in [0.5, 0.6) is 0 Å². The second-order valence-corrected chi connectivity index (χ2v) is 7.86. The first-order valence-corrected chi connectivity index (χ1v) is 10.5. The first-order valence-electron chi connectivity index (χ1n) is 10.5. The van der Waals surface area contributed by atoms with Gasteiger partial charge in [-0.05, 0) is 12.8 Å². The van der Waals surface area contributed by atoms with Gasteiger partial charge in [-0.3, -0.25) is 0 Å². The third kappa shape index (κ3) is 14.9. The number of carbonyl (C=O) groups excluding carboxylic acids is 1. The second-order valence-electron chi connectivity index (χ2n) is 7.86. The van der Waals surface area contributed by atoms with Gasteiger partial charge in [-0.2, -0.15) is 5.56 Å². The van der Waals surface area contributed by atoms with Crippen molar-refractivity contribution in [3.63, 3.8) is 0 Å². The maximum atomic E-state index is 11.1. The van der Waals surface area contributed by atoms with E-state index in [1.54, 1.807) is 0 Å². The normalized spacial score (nSPS) is 14.3. The average molecular weight is 530 g/mol. The summed E-state index contributed by atoms with van der Waals surface area (Å²) < 4.78 is 0. The van der Waals surface area contributed by atoms with Gasteiger partial charge in [-0.15, -0.1) is 40.6 Å². The zero-order chi connectivity index (χ0) is 18.8. The number of aryl methyl sites for hydroxylation is 2. The van der Waals surface area contributed by atoms with E-state index in [1.807, 2.05) is 0 Å². The van der Waals surface area contributed by atoms with Gasteiger partial charge in [-0.25, -0.2) is 0 Å². The Kier molecular flexibility index (Phi) is 31.4. The number of nitrogens with one attached hydrogen (secondary N) is 1. The van der Waals surface area contributed by atoms with Crippen molar-refractivity contribution in [3.8, 4) is 0 Å². The Hall–Kier alpha value is -0.189. The summed E-state index contributed by atoms with van der Waals surface area (Å²) in [5.41, 5.74) is 10.0. The number of benzene rings is 1. The number of rotatable bonds is 1. The van der Waals surface area contributed by atoms with E-state index in [9.17, 15) is 4.79 Å². The zero-order valence-corrected chi connectivity index (χ0v) is 24.5. The van der Waals surface area contributed by atoms with Crippen molar-refractivity contribution in [2.24, 2.45) is 5.92 Å². The molecule has 0 unspecified atom stereocenters. The van der Waals surface area contributed by atoms with Crippen LogP contribution in [0, 0.1) is 34.6 Å². The third-order valence-electron chi connectivity index (χ3n) is 5.80. The van der Waals surface area contributed by atoms with Crippen LogP contribution in [-0.2, 0) is 26.5 Å². The molecule has 2 aromatic rings. The molecule has 0 heterocycles. The molecule has 1 saturated carbocycles. The second kappa shape index (κ2) is 24.0. The molecule has 32 heavy (non-hydrogen) atoms. The van der Waals surface area contributed by atoms with Crippen molar-refractivity contribution in [1.29, 1.82) is 0 Å². The maximum absolute atomic E-state index is 11.1. The fraction of sp³-hybridized carbons (Fsp3) is 0.538. The van der Waals surface area contributed by atoms with Crippen LogP contribution < -0.4 is 24.8 Å². The number of halogens is 2. The van der Waals surface area contributed by atoms with Crippen molar-refractivity contribution < 1.29 is 51.3 Å². The van der Waals surface area contributed by atoms with E-state index in [-0.39, 0.29) is 84.2 Å². The number of amides is 1. The van der Waals surface area contributed by atoms with Crippen molar-refractivity contribution in [3.05, 3.63) is 62.0 Å². The zero-order valence-electron chi connectivity index (χ0n) is 20.4. The molecule has 3 rings (SSSR count). The van der Waals surface area contributed by atoms with E-state index >= 15 is 0 Å². The van der Waals surface area contributed by atoms with E-state index in [4.69, 9.17) is 5.73 Å². The van der Waals surface area contributed by atoms with Crippen LogP contribution in [0.2, 0.25) is 0 Å². The van der Waals surface area contributed by atoms with Gasteiger partial charge in [0.05, 0.1) is 5.91 Å². The van der Waals surface area contributed by atoms with Crippen LogP contribution in [0.3, 0.4) is 0 Å². The fourth-order valence-corrected chi connectivity index (χ4v) is 3.94. The van der Waals surface area contributed by atoms with Crippen LogP contribution >= 0.6 is 0 Å². The Bertz CT molecular complexity index is 682. The van der Waals surface area contributed by atoms with Gasteiger partial charge in [0.1, 0.15) is 0 Å². The molecule has 1 amide bonds. The van der Waals surface area contributed by atoms with E-state index in [2.05, 4.69) is 44.2 Å². The Morgan fingerprint density at radius 2 is 1.25 bits per heavy atom. The monoisotopic (exact) mass is 529 g/mol. The Balaban J connectivity index is -0.000000131. The molecule has 0 atom stereocenters. The summed E-state index contributed by atoms with van der Waals surface area (Å²) in [7, 11) is 0. The van der Waals surface area contributed by atoms with Gasteiger partial charge >= 0.3 is 21.7 Å². The molecule has 4 radical (unpaired) electrons.